The van der Waals surface area contributed by atoms with Crippen molar-refractivity contribution in [1.29, 1.82) is 0 Å². The lowest BCUT2D eigenvalue weighted by atomic mass is 10.4. The van der Waals surface area contributed by atoms with Crippen LogP contribution in [0.5, 0.6) is 0 Å². The lowest BCUT2D eigenvalue weighted by molar-refractivity contribution is 1.60. The molecule has 0 saturated carbocycles. The molecule has 0 heterocycles. The van der Waals surface area contributed by atoms with Crippen LogP contribution in [-0.2, 0) is 0 Å². The predicted molar refractivity (Wildman–Crippen MR) is 51.9 cm³/mol. The molecule has 0 aliphatic rings. The maximum Gasteiger partial charge on any atom is 0.0651 e. The minimum Gasteiger partial charge on any atom is -0.0831 e. The van der Waals surface area contributed by atoms with E-state index in [9.17, 15) is 0 Å². The van der Waals surface area contributed by atoms with Crippen LogP contribution >= 0.6 is 55.1 Å². The molecule has 0 amide bonds. The average molecular weight is 307 g/mol. The monoisotopic (exact) mass is 304 g/mol. The highest BCUT2D eigenvalue weighted by Gasteiger charge is 2.01. The molecular formula is C6H2Br2Cl2. The van der Waals surface area contributed by atoms with Gasteiger partial charge in [0.25, 0.3) is 0 Å². The third kappa shape index (κ3) is 1.88. The van der Waals surface area contributed by atoms with E-state index in [0.29, 0.717) is 8.95 Å². The largest absolute Gasteiger partial charge is 0.0831 e. The number of halogens is 4. The SMILES string of the molecule is [2H]c1c(Cl)c(Br)c([2H])c(Cl)c1Br. The van der Waals surface area contributed by atoms with E-state index in [2.05, 4.69) is 31.9 Å². The quantitative estimate of drug-likeness (QED) is 0.618. The second kappa shape index (κ2) is 3.44. The highest BCUT2D eigenvalue weighted by Crippen LogP contribution is 2.32. The molecule has 0 saturated heterocycles. The van der Waals surface area contributed by atoms with Crippen LogP contribution in [0, 0.1) is 0 Å². The second-order valence-electron chi connectivity index (χ2n) is 1.51. The number of hydrogen-bond donors (Lipinski definition) is 0. The Balaban J connectivity index is 3.60. The van der Waals surface area contributed by atoms with Gasteiger partial charge in [0.05, 0.1) is 12.8 Å². The zero-order valence-electron chi connectivity index (χ0n) is 6.51. The maximum absolute atomic E-state index is 7.45. The van der Waals surface area contributed by atoms with Crippen LogP contribution in [0.3, 0.4) is 0 Å². The van der Waals surface area contributed by atoms with E-state index in [1.807, 2.05) is 0 Å². The van der Waals surface area contributed by atoms with Crippen LogP contribution in [0.2, 0.25) is 10.0 Å². The van der Waals surface area contributed by atoms with Crippen molar-refractivity contribution in [2.75, 3.05) is 0 Å². The fraction of sp³-hybridized carbons (Fsp3) is 0. The molecule has 0 aromatic heterocycles. The van der Waals surface area contributed by atoms with Gasteiger partial charge in [-0.1, -0.05) is 23.2 Å². The molecule has 10 heavy (non-hydrogen) atoms. The lowest BCUT2D eigenvalue weighted by Crippen LogP contribution is -1.71. The summed E-state index contributed by atoms with van der Waals surface area (Å²) in [7, 11) is 0. The van der Waals surface area contributed by atoms with Crippen LogP contribution in [0.25, 0.3) is 0 Å². The second-order valence-corrected chi connectivity index (χ2v) is 3.85. The van der Waals surface area contributed by atoms with Crippen molar-refractivity contribution in [1.82, 2.24) is 0 Å². The zero-order valence-corrected chi connectivity index (χ0v) is 9.20. The summed E-state index contributed by atoms with van der Waals surface area (Å²) in [6.45, 7) is 0. The Morgan fingerprint density at radius 2 is 1.40 bits per heavy atom. The average Bonchev–Trinajstić information content (AvgIpc) is 2.08. The maximum atomic E-state index is 7.45. The van der Waals surface area contributed by atoms with Crippen molar-refractivity contribution in [2.24, 2.45) is 0 Å². The summed E-state index contributed by atoms with van der Waals surface area (Å²) < 4.78 is 15.6. The van der Waals surface area contributed by atoms with Gasteiger partial charge in [0.2, 0.25) is 0 Å². The normalized spacial score (nSPS) is 12.8. The van der Waals surface area contributed by atoms with Crippen molar-refractivity contribution in [2.45, 2.75) is 0 Å². The highest BCUT2D eigenvalue weighted by molar-refractivity contribution is 9.11. The van der Waals surface area contributed by atoms with E-state index in [1.54, 1.807) is 0 Å². The molecule has 1 aromatic carbocycles. The number of rotatable bonds is 0. The molecule has 0 N–H and O–H groups in total. The van der Waals surface area contributed by atoms with Gasteiger partial charge in [0, 0.05) is 8.95 Å². The molecule has 0 unspecified atom stereocenters. The van der Waals surface area contributed by atoms with E-state index in [-0.39, 0.29) is 22.1 Å². The Labute approximate surface area is 88.6 Å². The van der Waals surface area contributed by atoms with Crippen molar-refractivity contribution in [3.05, 3.63) is 31.1 Å². The van der Waals surface area contributed by atoms with Gasteiger partial charge in [0.1, 0.15) is 0 Å². The molecule has 54 valence electrons. The first kappa shape index (κ1) is 6.30. The Morgan fingerprint density at radius 3 is 1.70 bits per heavy atom. The van der Waals surface area contributed by atoms with Gasteiger partial charge in [0.15, 0.2) is 0 Å². The van der Waals surface area contributed by atoms with Crippen LogP contribution in [0.15, 0.2) is 21.0 Å². The highest BCUT2D eigenvalue weighted by atomic mass is 79.9. The third-order valence-electron chi connectivity index (χ3n) is 0.824. The van der Waals surface area contributed by atoms with Gasteiger partial charge < -0.3 is 0 Å². The third-order valence-corrected chi connectivity index (χ3v) is 3.04. The van der Waals surface area contributed by atoms with Gasteiger partial charge >= 0.3 is 0 Å². The molecule has 0 aliphatic carbocycles. The van der Waals surface area contributed by atoms with E-state index in [0.717, 1.165) is 0 Å². The smallest absolute Gasteiger partial charge is 0.0651 e. The number of hydrogen-bond acceptors (Lipinski definition) is 0. The summed E-state index contributed by atoms with van der Waals surface area (Å²) in [6, 6.07) is 0.175. The first-order valence-electron chi connectivity index (χ1n) is 3.26. The van der Waals surface area contributed by atoms with Crippen molar-refractivity contribution >= 4 is 55.1 Å². The molecule has 0 radical (unpaired) electrons. The van der Waals surface area contributed by atoms with Gasteiger partial charge in [-0.15, -0.1) is 0 Å². The van der Waals surface area contributed by atoms with Crippen LogP contribution in [0.4, 0.5) is 0 Å². The minimum absolute atomic E-state index is 0.0875. The van der Waals surface area contributed by atoms with Gasteiger partial charge in [-0.2, -0.15) is 0 Å². The summed E-state index contributed by atoms with van der Waals surface area (Å²) in [6.07, 6.45) is 0. The zero-order chi connectivity index (χ0) is 9.46. The standard InChI is InChI=1S/C6H2Br2Cl2/c7-3-1-5(9)4(8)2-6(3)10/h1-2H/i1D,2D. The summed E-state index contributed by atoms with van der Waals surface area (Å²) >= 11 is 17.6. The summed E-state index contributed by atoms with van der Waals surface area (Å²) in [5.74, 6) is 0. The topological polar surface area (TPSA) is 0 Å². The predicted octanol–water partition coefficient (Wildman–Crippen LogP) is 4.52. The van der Waals surface area contributed by atoms with E-state index in [1.165, 1.54) is 0 Å². The van der Waals surface area contributed by atoms with Crippen molar-refractivity contribution in [3.63, 3.8) is 0 Å². The Bertz CT molecular complexity index is 236. The first-order chi connectivity index (χ1) is 5.46. The summed E-state index contributed by atoms with van der Waals surface area (Å²) in [4.78, 5) is 0. The van der Waals surface area contributed by atoms with E-state index in [4.69, 9.17) is 25.9 Å². The molecule has 1 rings (SSSR count). The molecular weight excluding hydrogens is 303 g/mol. The molecule has 0 nitrogen and oxygen atoms in total. The fourth-order valence-corrected chi connectivity index (χ4v) is 1.52. The van der Waals surface area contributed by atoms with E-state index < -0.39 is 0 Å². The van der Waals surface area contributed by atoms with Gasteiger partial charge in [-0.25, -0.2) is 0 Å². The van der Waals surface area contributed by atoms with Crippen LogP contribution in [0.1, 0.15) is 2.74 Å². The molecule has 0 fully saturated rings. The lowest BCUT2D eigenvalue weighted by Gasteiger charge is -1.98. The fourth-order valence-electron chi connectivity index (χ4n) is 0.412. The number of benzene rings is 1. The minimum atomic E-state index is 0.0875. The summed E-state index contributed by atoms with van der Waals surface area (Å²) in [5.41, 5.74) is 0. The summed E-state index contributed by atoms with van der Waals surface area (Å²) in [5, 5.41) is 0.382. The first-order valence-corrected chi connectivity index (χ1v) is 4.60. The Morgan fingerprint density at radius 1 is 1.10 bits per heavy atom. The van der Waals surface area contributed by atoms with Crippen LogP contribution < -0.4 is 0 Å². The molecule has 0 atom stereocenters. The molecule has 0 bridgehead atoms. The molecule has 0 aliphatic heterocycles. The van der Waals surface area contributed by atoms with Crippen molar-refractivity contribution in [3.8, 4) is 0 Å². The van der Waals surface area contributed by atoms with Crippen molar-refractivity contribution < 1.29 is 2.74 Å². The molecule has 0 spiro atoms. The van der Waals surface area contributed by atoms with Gasteiger partial charge in [-0.3, -0.25) is 0 Å². The Hall–Kier alpha value is 0.760. The Kier molecular flexibility index (Phi) is 2.16. The van der Waals surface area contributed by atoms with E-state index >= 15 is 0 Å². The van der Waals surface area contributed by atoms with Crippen LogP contribution in [-0.4, -0.2) is 0 Å². The molecule has 4 heteroatoms. The molecule has 1 aromatic rings. The van der Waals surface area contributed by atoms with Gasteiger partial charge in [-0.05, 0) is 43.9 Å².